The van der Waals surface area contributed by atoms with Crippen molar-refractivity contribution in [1.82, 2.24) is 0 Å². The standard InChI is InChI=1S/C27H40O8/c1-5-9-13-17-32-27(31)20-18-21(33-23(28)14-10-6-2)26(35-25(30)16-12-8-4)22(19-20)34-24(29)15-11-7-3/h18-19H,5-17H2,1-4H3. The number of ether oxygens (including phenoxy) is 4. The molecule has 0 heterocycles. The van der Waals surface area contributed by atoms with Gasteiger partial charge in [-0.15, -0.1) is 0 Å². The van der Waals surface area contributed by atoms with E-state index < -0.39 is 23.9 Å². The van der Waals surface area contributed by atoms with Gasteiger partial charge in [0.25, 0.3) is 0 Å². The molecule has 8 heteroatoms. The molecule has 0 radical (unpaired) electrons. The lowest BCUT2D eigenvalue weighted by molar-refractivity contribution is -0.138. The molecule has 0 N–H and O–H groups in total. The fraction of sp³-hybridized carbons (Fsp3) is 0.630. The summed E-state index contributed by atoms with van der Waals surface area (Å²) in [4.78, 5) is 49.9. The number of hydrogen-bond donors (Lipinski definition) is 0. The first-order chi connectivity index (χ1) is 16.9. The predicted octanol–water partition coefficient (Wildman–Crippen LogP) is 6.32. The minimum atomic E-state index is -0.651. The number of carbonyl (C=O) groups is 4. The summed E-state index contributed by atoms with van der Waals surface area (Å²) in [6, 6.07) is 2.58. The van der Waals surface area contributed by atoms with Gasteiger partial charge in [0.2, 0.25) is 5.75 Å². The highest BCUT2D eigenvalue weighted by molar-refractivity contribution is 5.92. The van der Waals surface area contributed by atoms with Gasteiger partial charge in [-0.3, -0.25) is 14.4 Å². The lowest BCUT2D eigenvalue weighted by Gasteiger charge is -2.16. The van der Waals surface area contributed by atoms with Crippen molar-refractivity contribution in [3.63, 3.8) is 0 Å². The molecule has 1 aromatic carbocycles. The first-order valence-corrected chi connectivity index (χ1v) is 12.8. The van der Waals surface area contributed by atoms with E-state index >= 15 is 0 Å². The summed E-state index contributed by atoms with van der Waals surface area (Å²) in [5.41, 5.74) is 0.0337. The normalized spacial score (nSPS) is 10.5. The Balaban J connectivity index is 3.37. The maximum Gasteiger partial charge on any atom is 0.338 e. The van der Waals surface area contributed by atoms with E-state index in [0.29, 0.717) is 25.7 Å². The van der Waals surface area contributed by atoms with Gasteiger partial charge in [-0.1, -0.05) is 59.8 Å². The van der Waals surface area contributed by atoms with E-state index in [-0.39, 0.29) is 48.7 Å². The molecule has 0 bridgehead atoms. The van der Waals surface area contributed by atoms with Gasteiger partial charge < -0.3 is 18.9 Å². The summed E-state index contributed by atoms with van der Waals surface area (Å²) in [5, 5.41) is 0. The van der Waals surface area contributed by atoms with Crippen molar-refractivity contribution < 1.29 is 38.1 Å². The Morgan fingerprint density at radius 3 is 1.46 bits per heavy atom. The van der Waals surface area contributed by atoms with E-state index in [4.69, 9.17) is 18.9 Å². The van der Waals surface area contributed by atoms with Crippen molar-refractivity contribution in [2.24, 2.45) is 0 Å². The second-order valence-electron chi connectivity index (χ2n) is 8.38. The highest BCUT2D eigenvalue weighted by atomic mass is 16.6. The molecule has 8 nitrogen and oxygen atoms in total. The molecule has 0 atom stereocenters. The van der Waals surface area contributed by atoms with E-state index in [1.165, 1.54) is 12.1 Å². The van der Waals surface area contributed by atoms with Gasteiger partial charge in [0.1, 0.15) is 0 Å². The molecule has 35 heavy (non-hydrogen) atoms. The average molecular weight is 493 g/mol. The third kappa shape index (κ3) is 11.9. The Morgan fingerprint density at radius 1 is 0.600 bits per heavy atom. The van der Waals surface area contributed by atoms with Crippen molar-refractivity contribution >= 4 is 23.9 Å². The second kappa shape index (κ2) is 17.5. The maximum atomic E-state index is 12.7. The van der Waals surface area contributed by atoms with Crippen LogP contribution in [0, 0.1) is 0 Å². The van der Waals surface area contributed by atoms with Crippen LogP contribution < -0.4 is 14.2 Å². The van der Waals surface area contributed by atoms with Crippen LogP contribution in [-0.2, 0) is 19.1 Å². The van der Waals surface area contributed by atoms with Crippen LogP contribution in [0.5, 0.6) is 17.2 Å². The molecular weight excluding hydrogens is 452 g/mol. The molecule has 0 saturated heterocycles. The van der Waals surface area contributed by atoms with Gasteiger partial charge in [0, 0.05) is 19.3 Å². The van der Waals surface area contributed by atoms with Crippen LogP contribution in [0.25, 0.3) is 0 Å². The Bertz CT molecular complexity index is 787. The minimum Gasteiger partial charge on any atom is -0.462 e. The molecular formula is C27H40O8. The lowest BCUT2D eigenvalue weighted by atomic mass is 10.1. The SMILES string of the molecule is CCCCCOC(=O)c1cc(OC(=O)CCCC)c(OC(=O)CCCC)c(OC(=O)CCCC)c1. The molecule has 0 amide bonds. The van der Waals surface area contributed by atoms with Gasteiger partial charge in [0.05, 0.1) is 12.2 Å². The Kier molecular flexibility index (Phi) is 15.1. The number of unbranched alkanes of at least 4 members (excludes halogenated alkanes) is 5. The van der Waals surface area contributed by atoms with Crippen LogP contribution in [0.4, 0.5) is 0 Å². The van der Waals surface area contributed by atoms with Gasteiger partial charge in [0.15, 0.2) is 11.5 Å². The molecule has 0 aliphatic rings. The Hall–Kier alpha value is -2.90. The summed E-state index contributed by atoms with van der Waals surface area (Å²) in [7, 11) is 0. The van der Waals surface area contributed by atoms with Gasteiger partial charge in [-0.05, 0) is 37.8 Å². The fourth-order valence-corrected chi connectivity index (χ4v) is 3.02. The zero-order valence-corrected chi connectivity index (χ0v) is 21.6. The number of hydrogen-bond acceptors (Lipinski definition) is 8. The third-order valence-electron chi connectivity index (χ3n) is 5.10. The number of carbonyl (C=O) groups excluding carboxylic acids is 4. The van der Waals surface area contributed by atoms with Gasteiger partial charge in [-0.25, -0.2) is 4.79 Å². The fourth-order valence-electron chi connectivity index (χ4n) is 3.02. The quantitative estimate of drug-likeness (QED) is 0.141. The summed E-state index contributed by atoms with van der Waals surface area (Å²) >= 11 is 0. The monoisotopic (exact) mass is 492 g/mol. The molecule has 0 fully saturated rings. The van der Waals surface area contributed by atoms with E-state index in [9.17, 15) is 19.2 Å². The zero-order valence-electron chi connectivity index (χ0n) is 21.6. The summed E-state index contributed by atoms with van der Waals surface area (Å²) in [6.07, 6.45) is 7.26. The van der Waals surface area contributed by atoms with Crippen molar-refractivity contribution in [2.45, 2.75) is 105 Å². The summed E-state index contributed by atoms with van der Waals surface area (Å²) in [6.45, 7) is 8.10. The minimum absolute atomic E-state index is 0.0337. The van der Waals surface area contributed by atoms with Crippen LogP contribution in [0.1, 0.15) is 115 Å². The first kappa shape index (κ1) is 30.1. The zero-order chi connectivity index (χ0) is 26.1. The van der Waals surface area contributed by atoms with E-state index in [0.717, 1.165) is 32.1 Å². The Morgan fingerprint density at radius 2 is 1.03 bits per heavy atom. The first-order valence-electron chi connectivity index (χ1n) is 12.8. The molecule has 0 unspecified atom stereocenters. The van der Waals surface area contributed by atoms with Crippen LogP contribution >= 0.6 is 0 Å². The van der Waals surface area contributed by atoms with E-state index in [2.05, 4.69) is 0 Å². The molecule has 1 aromatic rings. The predicted molar refractivity (Wildman–Crippen MR) is 132 cm³/mol. The largest absolute Gasteiger partial charge is 0.462 e. The number of rotatable bonds is 17. The van der Waals surface area contributed by atoms with E-state index in [1.54, 1.807) is 0 Å². The summed E-state index contributed by atoms with van der Waals surface area (Å²) < 4.78 is 21.8. The maximum absolute atomic E-state index is 12.7. The van der Waals surface area contributed by atoms with Gasteiger partial charge in [-0.2, -0.15) is 0 Å². The molecule has 0 spiro atoms. The average Bonchev–Trinajstić information content (AvgIpc) is 2.84. The topological polar surface area (TPSA) is 105 Å². The van der Waals surface area contributed by atoms with Gasteiger partial charge >= 0.3 is 23.9 Å². The van der Waals surface area contributed by atoms with Crippen LogP contribution in [0.15, 0.2) is 12.1 Å². The van der Waals surface area contributed by atoms with Crippen LogP contribution in [-0.4, -0.2) is 30.5 Å². The molecule has 0 saturated carbocycles. The highest BCUT2D eigenvalue weighted by Crippen LogP contribution is 2.40. The van der Waals surface area contributed by atoms with E-state index in [1.807, 2.05) is 27.7 Å². The van der Waals surface area contributed by atoms with Crippen molar-refractivity contribution in [3.8, 4) is 17.2 Å². The summed E-state index contributed by atoms with van der Waals surface area (Å²) in [5.74, 6) is -2.80. The third-order valence-corrected chi connectivity index (χ3v) is 5.10. The van der Waals surface area contributed by atoms with Crippen LogP contribution in [0.2, 0.25) is 0 Å². The van der Waals surface area contributed by atoms with Crippen LogP contribution in [0.3, 0.4) is 0 Å². The number of benzene rings is 1. The highest BCUT2D eigenvalue weighted by Gasteiger charge is 2.25. The molecule has 0 aliphatic heterocycles. The smallest absolute Gasteiger partial charge is 0.338 e. The molecule has 1 rings (SSSR count). The molecule has 196 valence electrons. The van der Waals surface area contributed by atoms with Crippen molar-refractivity contribution in [1.29, 1.82) is 0 Å². The molecule has 0 aliphatic carbocycles. The molecule has 0 aromatic heterocycles. The van der Waals surface area contributed by atoms with Crippen molar-refractivity contribution in [3.05, 3.63) is 17.7 Å². The second-order valence-corrected chi connectivity index (χ2v) is 8.38. The van der Waals surface area contributed by atoms with Crippen molar-refractivity contribution in [2.75, 3.05) is 6.61 Å². The lowest BCUT2D eigenvalue weighted by Crippen LogP contribution is -2.16. The Labute approximate surface area is 208 Å². The number of esters is 4.